The Balaban J connectivity index is 1.50. The minimum atomic E-state index is -0.318. The first kappa shape index (κ1) is 21.8. The highest BCUT2D eigenvalue weighted by atomic mass is 32.2. The smallest absolute Gasteiger partial charge is 0.238 e. The maximum atomic E-state index is 13.7. The third-order valence-electron chi connectivity index (χ3n) is 6.18. The van der Waals surface area contributed by atoms with Gasteiger partial charge in [0.05, 0.1) is 12.6 Å². The number of nitrogens with zero attached hydrogens (tertiary/aromatic N) is 4. The van der Waals surface area contributed by atoms with Crippen molar-refractivity contribution in [1.29, 1.82) is 0 Å². The molecule has 0 unspecified atom stereocenters. The summed E-state index contributed by atoms with van der Waals surface area (Å²) in [6, 6.07) is 17.8. The minimum absolute atomic E-state index is 0.170. The number of likely N-dealkylation sites (tertiary alicyclic amines) is 1. The first-order valence-electron chi connectivity index (χ1n) is 11.7. The first-order chi connectivity index (χ1) is 16.2. The van der Waals surface area contributed by atoms with Crippen LogP contribution in [0.4, 0.5) is 0 Å². The van der Waals surface area contributed by atoms with Gasteiger partial charge in [-0.05, 0) is 37.5 Å². The van der Waals surface area contributed by atoms with Crippen molar-refractivity contribution in [2.75, 3.05) is 25.1 Å². The quantitative estimate of drug-likeness (QED) is 0.600. The number of benzene rings is 2. The summed E-state index contributed by atoms with van der Waals surface area (Å²) in [5, 5.41) is 9.25. The van der Waals surface area contributed by atoms with Crippen LogP contribution in [0.3, 0.4) is 0 Å². The molecule has 2 aliphatic heterocycles. The normalized spacial score (nSPS) is 20.5. The monoisotopic (exact) mass is 463 g/mol. The van der Waals surface area contributed by atoms with E-state index in [2.05, 4.69) is 15.6 Å². The lowest BCUT2D eigenvalue weighted by molar-refractivity contribution is -0.131. The molecule has 1 amide bonds. The Kier molecular flexibility index (Phi) is 6.53. The Morgan fingerprint density at radius 3 is 2.45 bits per heavy atom. The van der Waals surface area contributed by atoms with Crippen LogP contribution in [0.2, 0.25) is 0 Å². The number of rotatable bonds is 5. The number of amides is 1. The highest BCUT2D eigenvalue weighted by molar-refractivity contribution is 8.00. The molecule has 0 aliphatic carbocycles. The number of fused-ring (bicyclic) bond motifs is 1. The van der Waals surface area contributed by atoms with Crippen LogP contribution < -0.4 is 10.2 Å². The Hall–Kier alpha value is -3.00. The van der Waals surface area contributed by atoms with Crippen molar-refractivity contribution in [3.8, 4) is 17.1 Å². The fourth-order valence-electron chi connectivity index (χ4n) is 4.48. The van der Waals surface area contributed by atoms with E-state index in [1.807, 2.05) is 71.1 Å². The highest BCUT2D eigenvalue weighted by Gasteiger charge is 2.40. The van der Waals surface area contributed by atoms with Gasteiger partial charge in [0.25, 0.3) is 0 Å². The Morgan fingerprint density at radius 2 is 1.76 bits per heavy atom. The summed E-state index contributed by atoms with van der Waals surface area (Å²) in [4.78, 5) is 15.8. The number of carbonyl (C=O) groups excluding carboxylic acids is 1. The van der Waals surface area contributed by atoms with E-state index in [1.165, 1.54) is 24.6 Å². The van der Waals surface area contributed by atoms with Crippen molar-refractivity contribution in [2.24, 2.45) is 0 Å². The number of hydrogen-bond acceptors (Lipinski definition) is 6. The van der Waals surface area contributed by atoms with Gasteiger partial charge < -0.3 is 15.1 Å². The van der Waals surface area contributed by atoms with E-state index in [0.29, 0.717) is 11.8 Å². The van der Waals surface area contributed by atoms with Crippen LogP contribution in [-0.2, 0) is 4.79 Å². The van der Waals surface area contributed by atoms with E-state index in [-0.39, 0.29) is 17.2 Å². The van der Waals surface area contributed by atoms with Crippen LogP contribution in [0.5, 0.6) is 5.75 Å². The number of hydrogen-bond donors (Lipinski definition) is 1. The largest absolute Gasteiger partial charge is 0.494 e. The summed E-state index contributed by atoms with van der Waals surface area (Å²) < 4.78 is 7.55. The van der Waals surface area contributed by atoms with Gasteiger partial charge in [-0.15, -0.1) is 10.2 Å². The van der Waals surface area contributed by atoms with Crippen molar-refractivity contribution >= 4 is 17.7 Å². The topological polar surface area (TPSA) is 72.3 Å². The molecule has 0 saturated carbocycles. The van der Waals surface area contributed by atoms with Crippen molar-refractivity contribution in [3.05, 3.63) is 60.2 Å². The zero-order chi connectivity index (χ0) is 22.6. The average molecular weight is 464 g/mol. The maximum Gasteiger partial charge on any atom is 0.238 e. The SMILES string of the molecule is CCOc1ccc([C@H]2Nn3c(nnc3-c3ccccc3)S[C@H]2C(=O)N2CCCCCC2)cc1. The van der Waals surface area contributed by atoms with E-state index in [4.69, 9.17) is 4.74 Å². The fraction of sp³-hybridized carbons (Fsp3) is 0.400. The molecule has 0 radical (unpaired) electrons. The van der Waals surface area contributed by atoms with Crippen LogP contribution in [0, 0.1) is 0 Å². The minimum Gasteiger partial charge on any atom is -0.494 e. The molecule has 33 heavy (non-hydrogen) atoms. The molecule has 0 bridgehead atoms. The van der Waals surface area contributed by atoms with E-state index in [0.717, 1.165) is 48.6 Å². The Bertz CT molecular complexity index is 1080. The number of carbonyl (C=O) groups is 1. The fourth-order valence-corrected chi connectivity index (χ4v) is 5.64. The molecule has 0 spiro atoms. The summed E-state index contributed by atoms with van der Waals surface area (Å²) in [6.45, 7) is 4.25. The molecule has 1 fully saturated rings. The lowest BCUT2D eigenvalue weighted by Crippen LogP contribution is -2.46. The zero-order valence-electron chi connectivity index (χ0n) is 18.8. The Labute approximate surface area is 198 Å². The van der Waals surface area contributed by atoms with Gasteiger partial charge in [0, 0.05) is 18.7 Å². The van der Waals surface area contributed by atoms with Crippen LogP contribution >= 0.6 is 11.8 Å². The molecular formula is C25H29N5O2S. The standard InChI is InChI=1S/C25H29N5O2S/c1-2-32-20-14-12-18(13-15-20)21-22(24(31)29-16-8-3-4-9-17-29)33-25-27-26-23(30(25)28-21)19-10-6-5-7-11-19/h5-7,10-15,21-22,28H,2-4,8-9,16-17H2,1H3/t21-,22-/m1/s1. The lowest BCUT2D eigenvalue weighted by Gasteiger charge is -2.35. The lowest BCUT2D eigenvalue weighted by atomic mass is 10.0. The van der Waals surface area contributed by atoms with Gasteiger partial charge in [-0.3, -0.25) is 4.79 Å². The van der Waals surface area contributed by atoms with Crippen LogP contribution in [0.25, 0.3) is 11.4 Å². The summed E-state index contributed by atoms with van der Waals surface area (Å²) >= 11 is 1.50. The molecule has 3 heterocycles. The third kappa shape index (κ3) is 4.57. The van der Waals surface area contributed by atoms with E-state index in [1.54, 1.807) is 0 Å². The number of thioether (sulfide) groups is 1. The van der Waals surface area contributed by atoms with E-state index < -0.39 is 0 Å². The molecule has 3 aromatic rings. The predicted octanol–water partition coefficient (Wildman–Crippen LogP) is 4.51. The van der Waals surface area contributed by atoms with Crippen molar-refractivity contribution in [3.63, 3.8) is 0 Å². The Morgan fingerprint density at radius 1 is 1.03 bits per heavy atom. The van der Waals surface area contributed by atoms with Gasteiger partial charge in [0.2, 0.25) is 11.1 Å². The highest BCUT2D eigenvalue weighted by Crippen LogP contribution is 2.40. The van der Waals surface area contributed by atoms with Gasteiger partial charge in [-0.2, -0.15) is 0 Å². The second-order valence-electron chi connectivity index (χ2n) is 8.39. The molecule has 172 valence electrons. The van der Waals surface area contributed by atoms with E-state index >= 15 is 0 Å². The van der Waals surface area contributed by atoms with Crippen LogP contribution in [0.1, 0.15) is 44.2 Å². The van der Waals surface area contributed by atoms with Crippen molar-refractivity contribution in [2.45, 2.75) is 49.1 Å². The van der Waals surface area contributed by atoms with Gasteiger partial charge >= 0.3 is 0 Å². The second kappa shape index (κ2) is 9.87. The molecule has 2 aliphatic rings. The molecule has 2 atom stereocenters. The summed E-state index contributed by atoms with van der Waals surface area (Å²) in [6.07, 6.45) is 4.52. The molecular weight excluding hydrogens is 434 g/mol. The molecule has 1 aromatic heterocycles. The number of nitrogens with one attached hydrogen (secondary N) is 1. The van der Waals surface area contributed by atoms with Gasteiger partial charge in [0.1, 0.15) is 11.0 Å². The van der Waals surface area contributed by atoms with Crippen molar-refractivity contribution in [1.82, 2.24) is 19.8 Å². The number of ether oxygens (including phenoxy) is 1. The average Bonchev–Trinajstić information content (AvgIpc) is 3.07. The summed E-state index contributed by atoms with van der Waals surface area (Å²) in [7, 11) is 0. The van der Waals surface area contributed by atoms with Crippen molar-refractivity contribution < 1.29 is 9.53 Å². The number of aromatic nitrogens is 3. The van der Waals surface area contributed by atoms with Gasteiger partial charge in [0.15, 0.2) is 5.82 Å². The first-order valence-corrected chi connectivity index (χ1v) is 12.6. The van der Waals surface area contributed by atoms with Crippen LogP contribution in [-0.4, -0.2) is 50.6 Å². The zero-order valence-corrected chi connectivity index (χ0v) is 19.6. The molecule has 5 rings (SSSR count). The molecule has 1 N–H and O–H groups in total. The third-order valence-corrected chi connectivity index (χ3v) is 7.38. The molecule has 2 aromatic carbocycles. The van der Waals surface area contributed by atoms with Crippen LogP contribution in [0.15, 0.2) is 59.8 Å². The second-order valence-corrected chi connectivity index (χ2v) is 9.50. The molecule has 1 saturated heterocycles. The maximum absolute atomic E-state index is 13.7. The summed E-state index contributed by atoms with van der Waals surface area (Å²) in [5.41, 5.74) is 5.60. The molecule has 8 heteroatoms. The predicted molar refractivity (Wildman–Crippen MR) is 130 cm³/mol. The summed E-state index contributed by atoms with van der Waals surface area (Å²) in [5.74, 6) is 1.74. The van der Waals surface area contributed by atoms with Gasteiger partial charge in [-0.25, -0.2) is 4.68 Å². The van der Waals surface area contributed by atoms with Gasteiger partial charge in [-0.1, -0.05) is 67.1 Å². The van der Waals surface area contributed by atoms with E-state index in [9.17, 15) is 4.79 Å². The molecule has 7 nitrogen and oxygen atoms in total.